The predicted molar refractivity (Wildman–Crippen MR) is 115 cm³/mol. The van der Waals surface area contributed by atoms with E-state index in [0.29, 0.717) is 0 Å². The Morgan fingerprint density at radius 1 is 0.667 bits per heavy atom. The third-order valence-electron chi connectivity index (χ3n) is 4.36. The minimum atomic E-state index is 0.781. The van der Waals surface area contributed by atoms with Crippen LogP contribution < -0.4 is 9.47 Å². The van der Waals surface area contributed by atoms with Crippen LogP contribution in [0.4, 0.5) is 5.69 Å². The van der Waals surface area contributed by atoms with Gasteiger partial charge in [0.1, 0.15) is 11.5 Å². The fourth-order valence-corrected chi connectivity index (χ4v) is 2.69. The minimum Gasteiger partial charge on any atom is -0.494 e. The summed E-state index contributed by atoms with van der Waals surface area (Å²) < 4.78 is 11.5. The second-order valence-electron chi connectivity index (χ2n) is 6.79. The normalized spacial score (nSPS) is 11.0. The van der Waals surface area contributed by atoms with Crippen LogP contribution in [0, 0.1) is 0 Å². The van der Waals surface area contributed by atoms with Gasteiger partial charge in [-0.25, -0.2) is 0 Å². The Morgan fingerprint density at radius 3 is 1.78 bits per heavy atom. The van der Waals surface area contributed by atoms with Crippen molar-refractivity contribution in [3.05, 3.63) is 54.1 Å². The first-order chi connectivity index (χ1) is 13.3. The molecule has 146 valence electrons. The van der Waals surface area contributed by atoms with E-state index in [1.807, 2.05) is 54.7 Å². The Bertz CT molecular complexity index is 647. The van der Waals surface area contributed by atoms with Crippen molar-refractivity contribution in [2.24, 2.45) is 4.99 Å². The van der Waals surface area contributed by atoms with Crippen LogP contribution in [-0.2, 0) is 0 Å². The largest absolute Gasteiger partial charge is 0.494 e. The number of nitrogens with zero attached hydrogens (tertiary/aromatic N) is 1. The highest BCUT2D eigenvalue weighted by molar-refractivity contribution is 5.82. The highest BCUT2D eigenvalue weighted by atomic mass is 16.5. The van der Waals surface area contributed by atoms with E-state index in [-0.39, 0.29) is 0 Å². The first kappa shape index (κ1) is 21.0. The number of aliphatic imine (C=N–C) groups is 1. The molecule has 27 heavy (non-hydrogen) atoms. The van der Waals surface area contributed by atoms with Gasteiger partial charge in [0.25, 0.3) is 0 Å². The molecule has 2 aromatic carbocycles. The molecular weight excluding hydrogens is 334 g/mol. The van der Waals surface area contributed by atoms with Crippen molar-refractivity contribution < 1.29 is 9.47 Å². The molecule has 2 rings (SSSR count). The zero-order valence-electron chi connectivity index (χ0n) is 16.8. The molecule has 0 atom stereocenters. The maximum Gasteiger partial charge on any atom is 0.119 e. The number of hydrogen-bond acceptors (Lipinski definition) is 3. The summed E-state index contributed by atoms with van der Waals surface area (Å²) in [5.41, 5.74) is 1.99. The molecule has 0 saturated carbocycles. The van der Waals surface area contributed by atoms with Gasteiger partial charge < -0.3 is 9.47 Å². The van der Waals surface area contributed by atoms with Gasteiger partial charge in [-0.15, -0.1) is 0 Å². The average Bonchev–Trinajstić information content (AvgIpc) is 2.71. The molecule has 0 heterocycles. The quantitative estimate of drug-likeness (QED) is 0.283. The highest BCUT2D eigenvalue weighted by Crippen LogP contribution is 2.19. The summed E-state index contributed by atoms with van der Waals surface area (Å²) in [5, 5.41) is 0. The fraction of sp³-hybridized carbons (Fsp3) is 0.458. The molecule has 0 spiro atoms. The summed E-state index contributed by atoms with van der Waals surface area (Å²) in [5.74, 6) is 1.83. The Hall–Kier alpha value is -2.29. The van der Waals surface area contributed by atoms with Crippen molar-refractivity contribution >= 4 is 11.9 Å². The Morgan fingerprint density at radius 2 is 1.19 bits per heavy atom. The molecule has 0 aromatic heterocycles. The standard InChI is InChI=1S/C24H33NO2/c1-3-5-7-9-19-27-23-14-10-21(11-15-23)20-25-22-12-16-24(17-13-22)26-18-8-6-4-2/h10-17,20H,3-9,18-19H2,1-2H3. The van der Waals surface area contributed by atoms with Crippen molar-refractivity contribution in [2.75, 3.05) is 13.2 Å². The molecule has 0 amide bonds. The molecule has 3 nitrogen and oxygen atoms in total. The van der Waals surface area contributed by atoms with Gasteiger partial charge in [0.2, 0.25) is 0 Å². The van der Waals surface area contributed by atoms with Crippen molar-refractivity contribution in [1.82, 2.24) is 0 Å². The van der Waals surface area contributed by atoms with Crippen molar-refractivity contribution in [3.8, 4) is 11.5 Å². The fourth-order valence-electron chi connectivity index (χ4n) is 2.69. The Labute approximate surface area is 164 Å². The molecule has 0 radical (unpaired) electrons. The van der Waals surface area contributed by atoms with E-state index in [9.17, 15) is 0 Å². The predicted octanol–water partition coefficient (Wildman–Crippen LogP) is 6.97. The maximum atomic E-state index is 5.77. The lowest BCUT2D eigenvalue weighted by molar-refractivity contribution is 0.305. The molecule has 2 aromatic rings. The molecule has 0 N–H and O–H groups in total. The average molecular weight is 368 g/mol. The van der Waals surface area contributed by atoms with Gasteiger partial charge in [-0.05, 0) is 66.9 Å². The lowest BCUT2D eigenvalue weighted by atomic mass is 10.2. The molecule has 3 heteroatoms. The molecule has 0 fully saturated rings. The van der Waals surface area contributed by atoms with Gasteiger partial charge in [0, 0.05) is 6.21 Å². The number of hydrogen-bond donors (Lipinski definition) is 0. The van der Waals surface area contributed by atoms with E-state index in [0.717, 1.165) is 48.8 Å². The number of ether oxygens (including phenoxy) is 2. The molecule has 0 aliphatic carbocycles. The van der Waals surface area contributed by atoms with Crippen LogP contribution in [0.2, 0.25) is 0 Å². The first-order valence-corrected chi connectivity index (χ1v) is 10.3. The highest BCUT2D eigenvalue weighted by Gasteiger charge is 1.96. The number of benzene rings is 2. The van der Waals surface area contributed by atoms with Crippen LogP contribution in [-0.4, -0.2) is 19.4 Å². The summed E-state index contributed by atoms with van der Waals surface area (Å²) in [6.45, 7) is 5.99. The van der Waals surface area contributed by atoms with E-state index in [1.54, 1.807) is 0 Å². The van der Waals surface area contributed by atoms with Gasteiger partial charge in [0.05, 0.1) is 18.9 Å². The van der Waals surface area contributed by atoms with E-state index < -0.39 is 0 Å². The van der Waals surface area contributed by atoms with E-state index in [2.05, 4.69) is 18.8 Å². The monoisotopic (exact) mass is 367 g/mol. The van der Waals surface area contributed by atoms with Gasteiger partial charge in [-0.1, -0.05) is 46.0 Å². The third-order valence-corrected chi connectivity index (χ3v) is 4.36. The Balaban J connectivity index is 1.76. The van der Waals surface area contributed by atoms with Crippen LogP contribution in [0.25, 0.3) is 0 Å². The summed E-state index contributed by atoms with van der Waals surface area (Å²) in [4.78, 5) is 4.53. The molecule has 0 saturated heterocycles. The number of unbranched alkanes of at least 4 members (excludes halogenated alkanes) is 5. The van der Waals surface area contributed by atoms with E-state index >= 15 is 0 Å². The SMILES string of the molecule is CCCCCCOc1ccc(C=Nc2ccc(OCCCCC)cc2)cc1. The summed E-state index contributed by atoms with van der Waals surface area (Å²) in [6.07, 6.45) is 10.3. The molecule has 0 bridgehead atoms. The van der Waals surface area contributed by atoms with Gasteiger partial charge in [-0.2, -0.15) is 0 Å². The van der Waals surface area contributed by atoms with Crippen molar-refractivity contribution in [1.29, 1.82) is 0 Å². The topological polar surface area (TPSA) is 30.8 Å². The Kier molecular flexibility index (Phi) is 10.1. The minimum absolute atomic E-state index is 0.781. The smallest absolute Gasteiger partial charge is 0.119 e. The van der Waals surface area contributed by atoms with Crippen LogP contribution >= 0.6 is 0 Å². The van der Waals surface area contributed by atoms with Gasteiger partial charge in [-0.3, -0.25) is 4.99 Å². The molecule has 0 unspecified atom stereocenters. The first-order valence-electron chi connectivity index (χ1n) is 10.3. The second kappa shape index (κ2) is 13.0. The van der Waals surface area contributed by atoms with Crippen LogP contribution in [0.5, 0.6) is 11.5 Å². The van der Waals surface area contributed by atoms with Crippen molar-refractivity contribution in [3.63, 3.8) is 0 Å². The zero-order valence-corrected chi connectivity index (χ0v) is 16.8. The second-order valence-corrected chi connectivity index (χ2v) is 6.79. The molecular formula is C24H33NO2. The van der Waals surface area contributed by atoms with E-state index in [1.165, 1.54) is 32.1 Å². The summed E-state index contributed by atoms with van der Waals surface area (Å²) in [6, 6.07) is 16.0. The summed E-state index contributed by atoms with van der Waals surface area (Å²) >= 11 is 0. The summed E-state index contributed by atoms with van der Waals surface area (Å²) in [7, 11) is 0. The van der Waals surface area contributed by atoms with Crippen molar-refractivity contribution in [2.45, 2.75) is 58.8 Å². The van der Waals surface area contributed by atoms with Crippen LogP contribution in [0.1, 0.15) is 64.4 Å². The van der Waals surface area contributed by atoms with Gasteiger partial charge >= 0.3 is 0 Å². The lowest BCUT2D eigenvalue weighted by Crippen LogP contribution is -1.97. The number of rotatable bonds is 13. The third kappa shape index (κ3) is 8.76. The molecule has 0 aliphatic heterocycles. The van der Waals surface area contributed by atoms with Gasteiger partial charge in [0.15, 0.2) is 0 Å². The lowest BCUT2D eigenvalue weighted by Gasteiger charge is -2.06. The molecule has 0 aliphatic rings. The maximum absolute atomic E-state index is 5.77. The van der Waals surface area contributed by atoms with Crippen LogP contribution in [0.3, 0.4) is 0 Å². The van der Waals surface area contributed by atoms with Crippen LogP contribution in [0.15, 0.2) is 53.5 Å². The van der Waals surface area contributed by atoms with E-state index in [4.69, 9.17) is 9.47 Å². The zero-order chi connectivity index (χ0) is 19.2.